The number of Topliss-reactive ketones (excluding diaryl/α,β-unsaturated/α-hetero) is 1. The monoisotopic (exact) mass is 248 g/mol. The molecule has 2 aliphatic rings. The van der Waals surface area contributed by atoms with Gasteiger partial charge in [-0.3, -0.25) is 4.79 Å². The van der Waals surface area contributed by atoms with E-state index in [1.807, 2.05) is 0 Å². The smallest absolute Gasteiger partial charge is 0.159 e. The molecule has 2 aromatic rings. The van der Waals surface area contributed by atoms with Crippen LogP contribution in [0.3, 0.4) is 0 Å². The third-order valence-electron chi connectivity index (χ3n) is 4.60. The molecule has 1 heteroatoms. The molecule has 0 amide bonds. The van der Waals surface area contributed by atoms with Gasteiger partial charge in [0.2, 0.25) is 0 Å². The Morgan fingerprint density at radius 2 is 1.89 bits per heavy atom. The Morgan fingerprint density at radius 1 is 1.05 bits per heavy atom. The average Bonchev–Trinajstić information content (AvgIpc) is 2.74. The van der Waals surface area contributed by atoms with Crippen LogP contribution in [0.2, 0.25) is 0 Å². The van der Waals surface area contributed by atoms with Gasteiger partial charge in [0.25, 0.3) is 0 Å². The number of benzene rings is 2. The Labute approximate surface area is 112 Å². The molecule has 0 bridgehead atoms. The fraction of sp³-hybridized carbons (Fsp3) is 0.278. The van der Waals surface area contributed by atoms with Crippen molar-refractivity contribution in [2.24, 2.45) is 5.92 Å². The van der Waals surface area contributed by atoms with Gasteiger partial charge in [0.05, 0.1) is 0 Å². The zero-order valence-electron chi connectivity index (χ0n) is 11.1. The van der Waals surface area contributed by atoms with Gasteiger partial charge in [-0.1, -0.05) is 43.3 Å². The molecule has 0 saturated carbocycles. The van der Waals surface area contributed by atoms with Gasteiger partial charge in [-0.2, -0.15) is 0 Å². The molecule has 0 aliphatic heterocycles. The highest BCUT2D eigenvalue weighted by atomic mass is 16.1. The predicted octanol–water partition coefficient (Wildman–Crippen LogP) is 4.15. The van der Waals surface area contributed by atoms with E-state index in [1.54, 1.807) is 0 Å². The fourth-order valence-electron chi connectivity index (χ4n) is 3.76. The molecule has 4 rings (SSSR count). The van der Waals surface area contributed by atoms with Crippen LogP contribution >= 0.6 is 0 Å². The lowest BCUT2D eigenvalue weighted by molar-refractivity contribution is -0.115. The van der Waals surface area contributed by atoms with Crippen LogP contribution in [0.15, 0.2) is 42.0 Å². The molecule has 0 N–H and O–H groups in total. The van der Waals surface area contributed by atoms with Crippen LogP contribution in [-0.4, -0.2) is 5.78 Å². The number of rotatable bonds is 0. The van der Waals surface area contributed by atoms with E-state index in [2.05, 4.69) is 43.3 Å². The minimum Gasteiger partial charge on any atom is -0.295 e. The lowest BCUT2D eigenvalue weighted by Gasteiger charge is -2.22. The van der Waals surface area contributed by atoms with Crippen molar-refractivity contribution in [3.8, 4) is 0 Å². The Balaban J connectivity index is 2.04. The number of hydrogen-bond acceptors (Lipinski definition) is 1. The van der Waals surface area contributed by atoms with Gasteiger partial charge in [0, 0.05) is 6.42 Å². The first-order valence-corrected chi connectivity index (χ1v) is 7.03. The van der Waals surface area contributed by atoms with Gasteiger partial charge in [0.1, 0.15) is 0 Å². The van der Waals surface area contributed by atoms with Crippen LogP contribution in [0.4, 0.5) is 0 Å². The second kappa shape index (κ2) is 3.80. The van der Waals surface area contributed by atoms with E-state index in [-0.39, 0.29) is 0 Å². The molecule has 1 unspecified atom stereocenters. The van der Waals surface area contributed by atoms with Crippen molar-refractivity contribution >= 4 is 22.1 Å². The molecule has 0 spiro atoms. The van der Waals surface area contributed by atoms with E-state index in [0.717, 1.165) is 18.4 Å². The molecule has 1 nitrogen and oxygen atoms in total. The minimum atomic E-state index is 0.376. The first kappa shape index (κ1) is 11.0. The van der Waals surface area contributed by atoms with Crippen molar-refractivity contribution in [3.05, 3.63) is 53.1 Å². The topological polar surface area (TPSA) is 17.1 Å². The molecule has 2 aromatic carbocycles. The number of hydrogen-bond donors (Lipinski definition) is 0. The number of aryl methyl sites for hydroxylation is 1. The molecule has 0 saturated heterocycles. The van der Waals surface area contributed by atoms with Gasteiger partial charge in [-0.25, -0.2) is 0 Å². The van der Waals surface area contributed by atoms with E-state index in [1.165, 1.54) is 27.5 Å². The second-order valence-corrected chi connectivity index (χ2v) is 5.73. The zero-order valence-corrected chi connectivity index (χ0v) is 11.1. The lowest BCUT2D eigenvalue weighted by atomic mass is 9.82. The van der Waals surface area contributed by atoms with Gasteiger partial charge < -0.3 is 0 Å². The third kappa shape index (κ3) is 1.45. The molecule has 0 radical (unpaired) electrons. The van der Waals surface area contributed by atoms with Gasteiger partial charge >= 0.3 is 0 Å². The Kier molecular flexibility index (Phi) is 2.20. The Morgan fingerprint density at radius 3 is 2.79 bits per heavy atom. The SMILES string of the molecule is CC1CC(=O)C2=C1c1ccc3ccccc3c1CC2. The quantitative estimate of drug-likeness (QED) is 0.684. The molecule has 0 aromatic heterocycles. The molecular formula is C18H16O. The largest absolute Gasteiger partial charge is 0.295 e. The third-order valence-corrected chi connectivity index (χ3v) is 4.60. The minimum absolute atomic E-state index is 0.376. The highest BCUT2D eigenvalue weighted by Gasteiger charge is 2.33. The highest BCUT2D eigenvalue weighted by molar-refractivity contribution is 6.10. The number of fused-ring (bicyclic) bond motifs is 4. The van der Waals surface area contributed by atoms with Crippen LogP contribution in [0.5, 0.6) is 0 Å². The normalized spacial score (nSPS) is 21.7. The number of ketones is 1. The average molecular weight is 248 g/mol. The maximum absolute atomic E-state index is 12.0. The van der Waals surface area contributed by atoms with E-state index in [0.29, 0.717) is 18.1 Å². The number of allylic oxidation sites excluding steroid dienone is 2. The van der Waals surface area contributed by atoms with Crippen molar-refractivity contribution < 1.29 is 4.79 Å². The second-order valence-electron chi connectivity index (χ2n) is 5.73. The summed E-state index contributed by atoms with van der Waals surface area (Å²) in [5.74, 6) is 0.768. The lowest BCUT2D eigenvalue weighted by Crippen LogP contribution is -2.07. The standard InChI is InChI=1S/C18H16O/c1-11-10-17(19)16-9-8-14-13-5-3-2-4-12(13)6-7-15(14)18(11)16/h2-7,11H,8-10H2,1H3. The molecule has 0 heterocycles. The molecule has 1 atom stereocenters. The molecule has 19 heavy (non-hydrogen) atoms. The van der Waals surface area contributed by atoms with Crippen molar-refractivity contribution in [1.82, 2.24) is 0 Å². The summed E-state index contributed by atoms with van der Waals surface area (Å²) >= 11 is 0. The van der Waals surface area contributed by atoms with Crippen LogP contribution in [0, 0.1) is 5.92 Å². The van der Waals surface area contributed by atoms with Crippen molar-refractivity contribution in [1.29, 1.82) is 0 Å². The summed E-state index contributed by atoms with van der Waals surface area (Å²) in [7, 11) is 0. The van der Waals surface area contributed by atoms with Crippen molar-refractivity contribution in [3.63, 3.8) is 0 Å². The molecule has 94 valence electrons. The maximum atomic E-state index is 12.0. The number of carbonyl (C=O) groups is 1. The van der Waals surface area contributed by atoms with E-state index < -0.39 is 0 Å². The Bertz CT molecular complexity index is 736. The summed E-state index contributed by atoms with van der Waals surface area (Å²) in [4.78, 5) is 12.0. The summed E-state index contributed by atoms with van der Waals surface area (Å²) in [6.07, 6.45) is 2.64. The predicted molar refractivity (Wildman–Crippen MR) is 78.0 cm³/mol. The van der Waals surface area contributed by atoms with Crippen molar-refractivity contribution in [2.45, 2.75) is 26.2 Å². The zero-order chi connectivity index (χ0) is 13.0. The first-order chi connectivity index (χ1) is 9.25. The first-order valence-electron chi connectivity index (χ1n) is 7.03. The summed E-state index contributed by atoms with van der Waals surface area (Å²) in [5, 5.41) is 2.67. The van der Waals surface area contributed by atoms with E-state index in [4.69, 9.17) is 0 Å². The van der Waals surface area contributed by atoms with Gasteiger partial charge in [-0.05, 0) is 51.8 Å². The van der Waals surface area contributed by atoms with Crippen LogP contribution in [0.1, 0.15) is 30.9 Å². The molecule has 2 aliphatic carbocycles. The summed E-state index contributed by atoms with van der Waals surface area (Å²) in [6.45, 7) is 2.19. The fourth-order valence-corrected chi connectivity index (χ4v) is 3.76. The summed E-state index contributed by atoms with van der Waals surface area (Å²) < 4.78 is 0. The van der Waals surface area contributed by atoms with Crippen molar-refractivity contribution in [2.75, 3.05) is 0 Å². The summed E-state index contributed by atoms with van der Waals surface area (Å²) in [6, 6.07) is 13.0. The van der Waals surface area contributed by atoms with Gasteiger partial charge in [0.15, 0.2) is 5.78 Å². The maximum Gasteiger partial charge on any atom is 0.159 e. The summed E-state index contributed by atoms with van der Waals surface area (Å²) in [5.41, 5.74) is 5.21. The van der Waals surface area contributed by atoms with Crippen LogP contribution in [0.25, 0.3) is 16.3 Å². The Hall–Kier alpha value is -1.89. The molecule has 0 fully saturated rings. The molecular weight excluding hydrogens is 232 g/mol. The highest BCUT2D eigenvalue weighted by Crippen LogP contribution is 2.44. The number of carbonyl (C=O) groups excluding carboxylic acids is 1. The van der Waals surface area contributed by atoms with Gasteiger partial charge in [-0.15, -0.1) is 0 Å². The van der Waals surface area contributed by atoms with Crippen LogP contribution in [-0.2, 0) is 11.2 Å². The van der Waals surface area contributed by atoms with E-state index >= 15 is 0 Å². The van der Waals surface area contributed by atoms with Crippen LogP contribution < -0.4 is 0 Å². The van der Waals surface area contributed by atoms with E-state index in [9.17, 15) is 4.79 Å².